The Morgan fingerprint density at radius 1 is 0.717 bits per heavy atom. The number of anilines is 1. The average Bonchev–Trinajstić information content (AvgIpc) is 3.04. The van der Waals surface area contributed by atoms with Gasteiger partial charge in [0.2, 0.25) is 11.6 Å². The van der Waals surface area contributed by atoms with Crippen LogP contribution < -0.4 is 10.6 Å². The van der Waals surface area contributed by atoms with Gasteiger partial charge in [-0.15, -0.1) is 0 Å². The Morgan fingerprint density at radius 2 is 1.13 bits per heavy atom. The highest BCUT2D eigenvalue weighted by atomic mass is 16.5. The normalized spacial score (nSPS) is 16.3. The highest BCUT2D eigenvalue weighted by Gasteiger charge is 2.69. The quantitative estimate of drug-likeness (QED) is 0.147. The van der Waals surface area contributed by atoms with Crippen molar-refractivity contribution < 1.29 is 39.6 Å². The van der Waals surface area contributed by atoms with Crippen LogP contribution in [0.5, 0.6) is 0 Å². The number of carboxylic acids is 2. The van der Waals surface area contributed by atoms with E-state index in [1.165, 1.54) is 67.9 Å². The number of rotatable bonds is 11. The Kier molecular flexibility index (Phi) is 12.0. The lowest BCUT2D eigenvalue weighted by atomic mass is 9.73. The molecule has 1 aliphatic heterocycles. The number of hydrogen-bond donors (Lipinski definition) is 5. The fourth-order valence-corrected chi connectivity index (χ4v) is 5.52. The van der Waals surface area contributed by atoms with Gasteiger partial charge in [0.15, 0.2) is 0 Å². The smallest absolute Gasteiger partial charge is 0.348 e. The first-order chi connectivity index (χ1) is 21.6. The van der Waals surface area contributed by atoms with E-state index >= 15 is 0 Å². The Balaban J connectivity index is 0.000000275. The van der Waals surface area contributed by atoms with Crippen LogP contribution in [0.4, 0.5) is 5.69 Å². The van der Waals surface area contributed by atoms with E-state index in [9.17, 15) is 39.6 Å². The highest BCUT2D eigenvalue weighted by molar-refractivity contribution is 6.28. The number of carbonyl (C=O) groups excluding carboxylic acids is 2. The van der Waals surface area contributed by atoms with Crippen molar-refractivity contribution >= 4 is 29.2 Å². The molecular weight excluding hydrogens is 588 g/mol. The minimum Gasteiger partial charge on any atom is -0.479 e. The number of nitrogens with zero attached hydrogens (tertiary/aromatic N) is 1. The number of aliphatic hydroxyl groups is 2. The lowest BCUT2D eigenvalue weighted by Crippen LogP contribution is -2.71. The van der Waals surface area contributed by atoms with Crippen LogP contribution in [0.2, 0.25) is 0 Å². The number of aliphatic carboxylic acids is 2. The molecule has 1 heterocycles. The molecule has 10 heteroatoms. The first-order valence-corrected chi connectivity index (χ1v) is 15.4. The summed E-state index contributed by atoms with van der Waals surface area (Å²) in [7, 11) is 0. The number of carboxylic acid groups (broad SMARTS) is 2. The molecule has 0 amide bonds. The van der Waals surface area contributed by atoms with Crippen LogP contribution in [-0.2, 0) is 9.59 Å². The van der Waals surface area contributed by atoms with Gasteiger partial charge < -0.3 is 31.1 Å². The molecule has 246 valence electrons. The van der Waals surface area contributed by atoms with Gasteiger partial charge in [-0.2, -0.15) is 0 Å². The minimum atomic E-state index is -3.96. The molecule has 3 aromatic rings. The monoisotopic (exact) mass is 632 g/mol. The minimum absolute atomic E-state index is 0.170. The molecule has 46 heavy (non-hydrogen) atoms. The second-order valence-electron chi connectivity index (χ2n) is 12.3. The molecule has 3 atom stereocenters. The SMILES string of the molecule is CC(C)C[C@H](N)c1ccccc1N1CCCCC1.Cc1ccc(C(=O)[C@@](O)(C(=O)O)[C@](O)(C(=O)O)C(=O)c2ccc(C)cc2)cc1. The van der Waals surface area contributed by atoms with Crippen molar-refractivity contribution in [1.29, 1.82) is 0 Å². The van der Waals surface area contributed by atoms with E-state index in [0.29, 0.717) is 17.0 Å². The molecular formula is C36H44N2O8. The van der Waals surface area contributed by atoms with Crippen LogP contribution in [0.3, 0.4) is 0 Å². The van der Waals surface area contributed by atoms with Crippen molar-refractivity contribution in [3.05, 3.63) is 101 Å². The second-order valence-corrected chi connectivity index (χ2v) is 12.3. The fraction of sp³-hybridized carbons (Fsp3) is 0.389. The lowest BCUT2D eigenvalue weighted by Gasteiger charge is -2.34. The third kappa shape index (κ3) is 7.70. The number of carbonyl (C=O) groups is 4. The molecule has 1 aliphatic rings. The van der Waals surface area contributed by atoms with Crippen LogP contribution in [0.1, 0.15) is 83.0 Å². The zero-order valence-electron chi connectivity index (χ0n) is 26.8. The van der Waals surface area contributed by atoms with Crippen molar-refractivity contribution in [3.8, 4) is 0 Å². The molecule has 0 bridgehead atoms. The Hall–Kier alpha value is -4.38. The third-order valence-corrected chi connectivity index (χ3v) is 8.19. The molecule has 0 radical (unpaired) electrons. The van der Waals surface area contributed by atoms with Crippen LogP contribution in [0.25, 0.3) is 0 Å². The zero-order chi connectivity index (χ0) is 34.2. The van der Waals surface area contributed by atoms with E-state index in [2.05, 4.69) is 43.0 Å². The van der Waals surface area contributed by atoms with Gasteiger partial charge in [-0.25, -0.2) is 9.59 Å². The van der Waals surface area contributed by atoms with E-state index in [-0.39, 0.29) is 17.2 Å². The molecule has 1 fully saturated rings. The highest BCUT2D eigenvalue weighted by Crippen LogP contribution is 2.33. The van der Waals surface area contributed by atoms with Crippen LogP contribution in [-0.4, -0.2) is 68.2 Å². The van der Waals surface area contributed by atoms with Gasteiger partial charge in [0.25, 0.3) is 11.2 Å². The van der Waals surface area contributed by atoms with E-state index < -0.39 is 34.7 Å². The molecule has 0 spiro atoms. The van der Waals surface area contributed by atoms with Crippen molar-refractivity contribution in [2.45, 2.75) is 70.6 Å². The summed E-state index contributed by atoms with van der Waals surface area (Å²) in [5.74, 6) is -7.36. The molecule has 6 N–H and O–H groups in total. The molecule has 0 saturated carbocycles. The standard InChI is InChI=1S/C20H18O8.C16H26N2/c1-11-3-7-13(8-4-11)15(21)19(27,17(23)24)20(28,18(25)26)16(22)14-9-5-12(2)6-10-14;1-13(2)12-15(17)14-8-4-5-9-16(14)18-10-6-3-7-11-18/h3-10,27-28H,1-2H3,(H,23,24)(H,25,26);4-5,8-9,13,15H,3,6-7,10-12,17H2,1-2H3/t19-,20-;15-/m10/s1. The number of aryl methyl sites for hydroxylation is 2. The number of piperidine rings is 1. The van der Waals surface area contributed by atoms with E-state index in [1.54, 1.807) is 13.8 Å². The zero-order valence-corrected chi connectivity index (χ0v) is 26.8. The summed E-state index contributed by atoms with van der Waals surface area (Å²) < 4.78 is 0. The first-order valence-electron chi connectivity index (χ1n) is 15.4. The Labute approximate surface area is 269 Å². The number of para-hydroxylation sites is 1. The lowest BCUT2D eigenvalue weighted by molar-refractivity contribution is -0.187. The van der Waals surface area contributed by atoms with E-state index in [1.807, 2.05) is 0 Å². The maximum absolute atomic E-state index is 12.8. The number of Topliss-reactive ketones (excluding diaryl/α,β-unsaturated/α-hetero) is 2. The summed E-state index contributed by atoms with van der Waals surface area (Å²) in [6.07, 6.45) is 5.06. The van der Waals surface area contributed by atoms with Gasteiger partial charge in [0.1, 0.15) is 0 Å². The Bertz CT molecular complexity index is 1450. The summed E-state index contributed by atoms with van der Waals surface area (Å²) >= 11 is 0. The summed E-state index contributed by atoms with van der Waals surface area (Å²) in [6, 6.07) is 19.2. The first kappa shape index (κ1) is 36.1. The summed E-state index contributed by atoms with van der Waals surface area (Å²) in [6.45, 7) is 10.2. The Morgan fingerprint density at radius 3 is 1.52 bits per heavy atom. The number of hydrogen-bond acceptors (Lipinski definition) is 8. The van der Waals surface area contributed by atoms with Gasteiger partial charge in [-0.1, -0.05) is 91.7 Å². The number of ketones is 2. The molecule has 4 rings (SSSR count). The van der Waals surface area contributed by atoms with E-state index in [0.717, 1.165) is 30.7 Å². The van der Waals surface area contributed by atoms with Crippen molar-refractivity contribution in [3.63, 3.8) is 0 Å². The van der Waals surface area contributed by atoms with Gasteiger partial charge in [-0.3, -0.25) is 9.59 Å². The molecule has 0 unspecified atom stereocenters. The summed E-state index contributed by atoms with van der Waals surface area (Å²) in [5, 5.41) is 40.3. The average molecular weight is 633 g/mol. The molecule has 10 nitrogen and oxygen atoms in total. The van der Waals surface area contributed by atoms with Gasteiger partial charge in [0.05, 0.1) is 0 Å². The predicted molar refractivity (Wildman–Crippen MR) is 175 cm³/mol. The molecule has 0 aromatic heterocycles. The number of benzene rings is 3. The van der Waals surface area contributed by atoms with Crippen molar-refractivity contribution in [2.75, 3.05) is 18.0 Å². The van der Waals surface area contributed by atoms with Crippen molar-refractivity contribution in [1.82, 2.24) is 0 Å². The third-order valence-electron chi connectivity index (χ3n) is 8.19. The second kappa shape index (κ2) is 15.3. The maximum atomic E-state index is 12.8. The maximum Gasteiger partial charge on any atom is 0.348 e. The summed E-state index contributed by atoms with van der Waals surface area (Å²) in [5.41, 5.74) is 1.80. The predicted octanol–water partition coefficient (Wildman–Crippen LogP) is 4.72. The number of nitrogens with two attached hydrogens (primary N) is 1. The van der Waals surface area contributed by atoms with Gasteiger partial charge in [-0.05, 0) is 57.1 Å². The molecule has 0 aliphatic carbocycles. The molecule has 3 aromatic carbocycles. The largest absolute Gasteiger partial charge is 0.479 e. The van der Waals surface area contributed by atoms with Crippen LogP contribution in [0.15, 0.2) is 72.8 Å². The van der Waals surface area contributed by atoms with E-state index in [4.69, 9.17) is 5.73 Å². The molecule has 1 saturated heterocycles. The van der Waals surface area contributed by atoms with Gasteiger partial charge >= 0.3 is 11.9 Å². The van der Waals surface area contributed by atoms with Crippen molar-refractivity contribution in [2.24, 2.45) is 11.7 Å². The van der Waals surface area contributed by atoms with Gasteiger partial charge in [0, 0.05) is 35.9 Å². The topological polar surface area (TPSA) is 178 Å². The fourth-order valence-electron chi connectivity index (χ4n) is 5.52. The van der Waals surface area contributed by atoms with Crippen LogP contribution in [0, 0.1) is 19.8 Å². The van der Waals surface area contributed by atoms with Crippen LogP contribution >= 0.6 is 0 Å². The summed E-state index contributed by atoms with van der Waals surface area (Å²) in [4.78, 5) is 51.6.